The second kappa shape index (κ2) is 5.42. The van der Waals surface area contributed by atoms with Crippen LogP contribution in [0.5, 0.6) is 0 Å². The van der Waals surface area contributed by atoms with Crippen LogP contribution in [0.1, 0.15) is 5.56 Å². The molecule has 0 bridgehead atoms. The van der Waals surface area contributed by atoms with Crippen LogP contribution in [0.25, 0.3) is 0 Å². The summed E-state index contributed by atoms with van der Waals surface area (Å²) in [5.41, 5.74) is 0.510. The zero-order valence-corrected chi connectivity index (χ0v) is 8.39. The summed E-state index contributed by atoms with van der Waals surface area (Å²) in [6.07, 6.45) is 0. The number of rotatable bonds is 2. The maximum absolute atomic E-state index is 10.6. The summed E-state index contributed by atoms with van der Waals surface area (Å²) in [7, 11) is -2.33. The van der Waals surface area contributed by atoms with E-state index in [9.17, 15) is 4.57 Å². The topological polar surface area (TPSA) is 57.5 Å². The van der Waals surface area contributed by atoms with Gasteiger partial charge < -0.3 is 5.11 Å². The summed E-state index contributed by atoms with van der Waals surface area (Å²) in [5, 5.41) is 9.04. The molecule has 0 spiro atoms. The molecule has 0 saturated heterocycles. The molecule has 3 radical (unpaired) electrons. The Morgan fingerprint density at radius 3 is 2.33 bits per heavy atom. The molecule has 0 aliphatic heterocycles. The molecule has 0 fully saturated rings. The Balaban J connectivity index is 0.00000121. The maximum atomic E-state index is 10.6. The van der Waals surface area contributed by atoms with Crippen molar-refractivity contribution in [2.45, 2.75) is 6.61 Å². The van der Waals surface area contributed by atoms with Crippen LogP contribution in [0.3, 0.4) is 0 Å². The summed E-state index contributed by atoms with van der Waals surface area (Å²) in [4.78, 5) is 8.73. The van der Waals surface area contributed by atoms with Crippen molar-refractivity contribution < 1.29 is 14.6 Å². The lowest BCUT2D eigenvalue weighted by Gasteiger charge is -1.92. The predicted octanol–water partition coefficient (Wildman–Crippen LogP) is 0.158. The molecule has 1 aromatic carbocycles. The van der Waals surface area contributed by atoms with Crippen LogP contribution in [-0.4, -0.2) is 27.4 Å². The Hall–Kier alpha value is -0.228. The van der Waals surface area contributed by atoms with E-state index < -0.39 is 8.03 Å². The molecule has 0 heterocycles. The Labute approximate surface area is 82.0 Å². The van der Waals surface area contributed by atoms with Gasteiger partial charge in [-0.1, -0.05) is 18.2 Å². The van der Waals surface area contributed by atoms with Crippen LogP contribution >= 0.6 is 8.03 Å². The molecule has 1 atom stereocenters. The fourth-order valence-electron chi connectivity index (χ4n) is 0.831. The van der Waals surface area contributed by atoms with Gasteiger partial charge in [-0.15, -0.1) is 0 Å². The van der Waals surface area contributed by atoms with Gasteiger partial charge in [0.2, 0.25) is 5.30 Å². The molecule has 0 aliphatic rings. The second-order valence-electron chi connectivity index (χ2n) is 2.06. The molecule has 0 saturated carbocycles. The zero-order chi connectivity index (χ0) is 8.27. The lowest BCUT2D eigenvalue weighted by molar-refractivity contribution is 0.282. The molecule has 1 unspecified atom stereocenters. The van der Waals surface area contributed by atoms with E-state index >= 15 is 0 Å². The van der Waals surface area contributed by atoms with Crippen molar-refractivity contribution in [3.63, 3.8) is 0 Å². The molecular weight excluding hydrogens is 190 g/mol. The standard InChI is InChI=1S/C7H7O3P.Al/c8-5-6-3-1-2-4-7(6)11(9)10;/h1-4,8H,5H2;/p+1. The van der Waals surface area contributed by atoms with Gasteiger partial charge in [-0.05, 0) is 10.6 Å². The summed E-state index contributed by atoms with van der Waals surface area (Å²) in [5.74, 6) is 0. The molecule has 1 rings (SSSR count). The normalized spacial score (nSPS) is 10.3. The average molecular weight is 198 g/mol. The number of hydrogen-bond donors (Lipinski definition) is 2. The van der Waals surface area contributed by atoms with E-state index in [0.29, 0.717) is 10.9 Å². The van der Waals surface area contributed by atoms with Gasteiger partial charge >= 0.3 is 8.03 Å². The second-order valence-corrected chi connectivity index (χ2v) is 3.09. The molecule has 0 aliphatic carbocycles. The SMILES string of the molecule is O=[P+](O)c1ccccc1CO.[Al]. The summed E-state index contributed by atoms with van der Waals surface area (Å²) < 4.78 is 10.6. The minimum atomic E-state index is -2.33. The number of aliphatic hydroxyl groups is 1. The zero-order valence-electron chi connectivity index (χ0n) is 6.34. The van der Waals surface area contributed by atoms with Crippen LogP contribution < -0.4 is 5.30 Å². The Bertz CT molecular complexity index is 277. The molecule has 2 N–H and O–H groups in total. The molecule has 12 heavy (non-hydrogen) atoms. The van der Waals surface area contributed by atoms with E-state index in [2.05, 4.69) is 0 Å². The van der Waals surface area contributed by atoms with E-state index in [1.807, 2.05) is 0 Å². The van der Waals surface area contributed by atoms with Gasteiger partial charge in [-0.2, -0.15) is 4.89 Å². The Morgan fingerprint density at radius 2 is 1.92 bits per heavy atom. The van der Waals surface area contributed by atoms with Crippen LogP contribution in [-0.2, 0) is 11.2 Å². The Kier molecular flexibility index (Phi) is 5.32. The van der Waals surface area contributed by atoms with Gasteiger partial charge in [-0.3, -0.25) is 0 Å². The molecule has 0 aromatic heterocycles. The molecule has 61 valence electrons. The third kappa shape index (κ3) is 2.67. The van der Waals surface area contributed by atoms with Gasteiger partial charge in [0, 0.05) is 22.9 Å². The highest BCUT2D eigenvalue weighted by Crippen LogP contribution is 2.15. The lowest BCUT2D eigenvalue weighted by atomic mass is 10.2. The average Bonchev–Trinajstić information content (AvgIpc) is 2.04. The fourth-order valence-corrected chi connectivity index (χ4v) is 1.44. The van der Waals surface area contributed by atoms with Crippen molar-refractivity contribution in [2.75, 3.05) is 0 Å². The highest BCUT2D eigenvalue weighted by atomic mass is 31.1. The first-order valence-electron chi connectivity index (χ1n) is 3.10. The predicted molar refractivity (Wildman–Crippen MR) is 47.6 cm³/mol. The number of benzene rings is 1. The molecular formula is C7H8AlO3P+. The summed E-state index contributed by atoms with van der Waals surface area (Å²) >= 11 is 0. The minimum Gasteiger partial charge on any atom is -0.392 e. The molecule has 1 aromatic rings. The van der Waals surface area contributed by atoms with E-state index in [1.54, 1.807) is 18.2 Å². The monoisotopic (exact) mass is 198 g/mol. The van der Waals surface area contributed by atoms with Gasteiger partial charge in [-0.25, -0.2) is 0 Å². The van der Waals surface area contributed by atoms with Gasteiger partial charge in [0.05, 0.1) is 6.61 Å². The van der Waals surface area contributed by atoms with E-state index in [0.717, 1.165) is 0 Å². The number of hydrogen-bond acceptors (Lipinski definition) is 2. The largest absolute Gasteiger partial charge is 0.546 e. The summed E-state index contributed by atoms with van der Waals surface area (Å²) in [6, 6.07) is 6.54. The summed E-state index contributed by atoms with van der Waals surface area (Å²) in [6.45, 7) is -0.197. The van der Waals surface area contributed by atoms with Crippen LogP contribution in [0.2, 0.25) is 0 Å². The van der Waals surface area contributed by atoms with E-state index in [4.69, 9.17) is 10.00 Å². The third-order valence-corrected chi connectivity index (χ3v) is 2.22. The van der Waals surface area contributed by atoms with Crippen LogP contribution in [0.4, 0.5) is 0 Å². The minimum absolute atomic E-state index is 0. The van der Waals surface area contributed by atoms with Crippen molar-refractivity contribution in [1.29, 1.82) is 0 Å². The molecule has 3 nitrogen and oxygen atoms in total. The smallest absolute Gasteiger partial charge is 0.392 e. The maximum Gasteiger partial charge on any atom is 0.546 e. The van der Waals surface area contributed by atoms with Crippen molar-refractivity contribution in [1.82, 2.24) is 0 Å². The molecule has 5 heteroatoms. The Morgan fingerprint density at radius 1 is 1.33 bits per heavy atom. The van der Waals surface area contributed by atoms with E-state index in [-0.39, 0.29) is 24.0 Å². The molecule has 0 amide bonds. The lowest BCUT2D eigenvalue weighted by Crippen LogP contribution is -2.04. The van der Waals surface area contributed by atoms with Gasteiger partial charge in [0.25, 0.3) is 0 Å². The number of aliphatic hydroxyl groups excluding tert-OH is 1. The van der Waals surface area contributed by atoms with Crippen molar-refractivity contribution in [2.24, 2.45) is 0 Å². The highest BCUT2D eigenvalue weighted by molar-refractivity contribution is 7.47. The first-order valence-corrected chi connectivity index (χ1v) is 4.32. The van der Waals surface area contributed by atoms with Crippen molar-refractivity contribution in [3.8, 4) is 0 Å². The van der Waals surface area contributed by atoms with Crippen LogP contribution in [0.15, 0.2) is 24.3 Å². The highest BCUT2D eigenvalue weighted by Gasteiger charge is 2.19. The van der Waals surface area contributed by atoms with E-state index in [1.165, 1.54) is 6.07 Å². The first kappa shape index (κ1) is 11.8. The van der Waals surface area contributed by atoms with Gasteiger partial charge in [0.15, 0.2) is 0 Å². The third-order valence-electron chi connectivity index (χ3n) is 1.37. The quantitative estimate of drug-likeness (QED) is 0.525. The fraction of sp³-hybridized carbons (Fsp3) is 0.143. The van der Waals surface area contributed by atoms with Gasteiger partial charge in [0.1, 0.15) is 0 Å². The first-order chi connectivity index (χ1) is 5.25. The van der Waals surface area contributed by atoms with Crippen molar-refractivity contribution >= 4 is 30.7 Å². The van der Waals surface area contributed by atoms with Crippen LogP contribution in [0, 0.1) is 0 Å². The van der Waals surface area contributed by atoms with Crippen molar-refractivity contribution in [3.05, 3.63) is 29.8 Å².